The number of carbonyl (C=O) groups is 2. The van der Waals surface area contributed by atoms with Crippen LogP contribution >= 0.6 is 11.3 Å². The fourth-order valence-electron chi connectivity index (χ4n) is 3.32. The Hall–Kier alpha value is -2.67. The normalized spacial score (nSPS) is 13.5. The van der Waals surface area contributed by atoms with Gasteiger partial charge < -0.3 is 14.8 Å². The number of hydrogen-bond donors (Lipinski definition) is 1. The van der Waals surface area contributed by atoms with Crippen molar-refractivity contribution < 1.29 is 9.59 Å². The second-order valence-corrected chi connectivity index (χ2v) is 7.45. The lowest BCUT2D eigenvalue weighted by Crippen LogP contribution is -2.31. The minimum Gasteiger partial charge on any atom is -0.351 e. The third-order valence-electron chi connectivity index (χ3n) is 4.83. The molecule has 3 aromatic rings. The largest absolute Gasteiger partial charge is 0.351 e. The number of benzene rings is 1. The molecule has 6 nitrogen and oxygen atoms in total. The van der Waals surface area contributed by atoms with Crippen LogP contribution < -0.4 is 5.32 Å². The average molecular weight is 368 g/mol. The summed E-state index contributed by atoms with van der Waals surface area (Å²) >= 11 is 1.50. The highest BCUT2D eigenvalue weighted by atomic mass is 32.1. The molecule has 26 heavy (non-hydrogen) atoms. The zero-order chi connectivity index (χ0) is 18.3. The fourth-order valence-corrected chi connectivity index (χ4v) is 4.47. The molecule has 3 heterocycles. The average Bonchev–Trinajstić information content (AvgIpc) is 3.23. The van der Waals surface area contributed by atoms with E-state index in [2.05, 4.69) is 10.3 Å². The van der Waals surface area contributed by atoms with Crippen LogP contribution in [0.3, 0.4) is 0 Å². The topological polar surface area (TPSA) is 67.2 Å². The van der Waals surface area contributed by atoms with Gasteiger partial charge >= 0.3 is 0 Å². The van der Waals surface area contributed by atoms with Crippen LogP contribution in [0.5, 0.6) is 0 Å². The lowest BCUT2D eigenvalue weighted by Gasteiger charge is -2.21. The number of thiophene rings is 1. The summed E-state index contributed by atoms with van der Waals surface area (Å²) in [7, 11) is 1.93. The molecule has 0 aliphatic carbocycles. The molecule has 0 radical (unpaired) electrons. The molecular formula is C19H20N4O2S. The standard InChI is InChI=1S/C19H20N4O2S/c1-3-23(11-16-20-8-9-22(16)2)19(25)12-4-5-15-14(10-12)13-6-7-21-18(24)17(13)26-15/h4-5,8-10H,3,6-7,11H2,1-2H3,(H,21,24). The third kappa shape index (κ3) is 2.78. The number of rotatable bonds is 4. The highest BCUT2D eigenvalue weighted by Crippen LogP contribution is 2.34. The van der Waals surface area contributed by atoms with Crippen LogP contribution in [0.1, 0.15) is 38.3 Å². The second kappa shape index (κ2) is 6.57. The first-order valence-electron chi connectivity index (χ1n) is 8.67. The maximum absolute atomic E-state index is 13.0. The van der Waals surface area contributed by atoms with Crippen molar-refractivity contribution in [2.24, 2.45) is 7.05 Å². The van der Waals surface area contributed by atoms with Crippen molar-refractivity contribution in [2.75, 3.05) is 13.1 Å². The van der Waals surface area contributed by atoms with E-state index in [1.54, 1.807) is 11.1 Å². The third-order valence-corrected chi connectivity index (χ3v) is 6.04. The van der Waals surface area contributed by atoms with Gasteiger partial charge in [0.2, 0.25) is 0 Å². The van der Waals surface area contributed by atoms with Crippen LogP contribution in [-0.4, -0.2) is 39.4 Å². The van der Waals surface area contributed by atoms with E-state index in [1.165, 1.54) is 11.3 Å². The van der Waals surface area contributed by atoms with Crippen LogP contribution in [0.15, 0.2) is 30.6 Å². The van der Waals surface area contributed by atoms with Crippen LogP contribution in [0.25, 0.3) is 10.1 Å². The number of aromatic nitrogens is 2. The van der Waals surface area contributed by atoms with E-state index in [0.29, 0.717) is 25.2 Å². The molecule has 1 aliphatic rings. The molecule has 1 N–H and O–H groups in total. The molecule has 134 valence electrons. The molecule has 1 aromatic carbocycles. The lowest BCUT2D eigenvalue weighted by atomic mass is 10.0. The van der Waals surface area contributed by atoms with Gasteiger partial charge in [-0.1, -0.05) is 0 Å². The Morgan fingerprint density at radius 1 is 1.42 bits per heavy atom. The molecule has 0 saturated heterocycles. The summed E-state index contributed by atoms with van der Waals surface area (Å²) in [4.78, 5) is 32.0. The Bertz CT molecular complexity index is 1000. The lowest BCUT2D eigenvalue weighted by molar-refractivity contribution is 0.0747. The van der Waals surface area contributed by atoms with Gasteiger partial charge in [0.15, 0.2) is 0 Å². The predicted molar refractivity (Wildman–Crippen MR) is 101 cm³/mol. The monoisotopic (exact) mass is 368 g/mol. The van der Waals surface area contributed by atoms with Crippen molar-refractivity contribution in [1.29, 1.82) is 0 Å². The van der Waals surface area contributed by atoms with Gasteiger partial charge in [-0.2, -0.15) is 0 Å². The number of hydrogen-bond acceptors (Lipinski definition) is 4. The quantitative estimate of drug-likeness (QED) is 0.770. The van der Waals surface area contributed by atoms with Gasteiger partial charge in [-0.25, -0.2) is 4.98 Å². The summed E-state index contributed by atoms with van der Waals surface area (Å²) in [5.74, 6) is 0.828. The molecule has 0 unspecified atom stereocenters. The fraction of sp³-hybridized carbons (Fsp3) is 0.316. The molecular weight excluding hydrogens is 348 g/mol. The second-order valence-electron chi connectivity index (χ2n) is 6.40. The first-order chi connectivity index (χ1) is 12.6. The van der Waals surface area contributed by atoms with Crippen molar-refractivity contribution in [1.82, 2.24) is 19.8 Å². The number of imidazole rings is 1. The summed E-state index contributed by atoms with van der Waals surface area (Å²) in [6.45, 7) is 3.70. The zero-order valence-electron chi connectivity index (χ0n) is 14.8. The Kier molecular flexibility index (Phi) is 4.24. The number of amides is 2. The molecule has 4 rings (SSSR count). The van der Waals surface area contributed by atoms with Crippen molar-refractivity contribution >= 4 is 33.2 Å². The smallest absolute Gasteiger partial charge is 0.261 e. The molecule has 0 bridgehead atoms. The van der Waals surface area contributed by atoms with Gasteiger partial charge in [0, 0.05) is 42.8 Å². The van der Waals surface area contributed by atoms with E-state index in [1.807, 2.05) is 42.9 Å². The van der Waals surface area contributed by atoms with Crippen LogP contribution in [0.4, 0.5) is 0 Å². The highest BCUT2D eigenvalue weighted by Gasteiger charge is 2.23. The molecule has 2 amide bonds. The van der Waals surface area contributed by atoms with Gasteiger partial charge in [-0.15, -0.1) is 11.3 Å². The maximum atomic E-state index is 13.0. The first kappa shape index (κ1) is 16.8. The van der Waals surface area contributed by atoms with Crippen molar-refractivity contribution in [3.05, 3.63) is 52.4 Å². The molecule has 2 aromatic heterocycles. The van der Waals surface area contributed by atoms with Crippen LogP contribution in [0.2, 0.25) is 0 Å². The summed E-state index contributed by atoms with van der Waals surface area (Å²) < 4.78 is 2.98. The van der Waals surface area contributed by atoms with Crippen LogP contribution in [0, 0.1) is 0 Å². The van der Waals surface area contributed by atoms with E-state index in [9.17, 15) is 9.59 Å². The van der Waals surface area contributed by atoms with Gasteiger partial charge in [-0.05, 0) is 42.5 Å². The van der Waals surface area contributed by atoms with Gasteiger partial charge in [-0.3, -0.25) is 9.59 Å². The SMILES string of the molecule is CCN(Cc1nccn1C)C(=O)c1ccc2sc3c(c2c1)CCNC3=O. The summed E-state index contributed by atoms with van der Waals surface area (Å²) in [6.07, 6.45) is 4.42. The molecule has 7 heteroatoms. The van der Waals surface area contributed by atoms with E-state index < -0.39 is 0 Å². The predicted octanol–water partition coefficient (Wildman–Crippen LogP) is 2.58. The van der Waals surface area contributed by atoms with E-state index in [-0.39, 0.29) is 11.8 Å². The molecule has 0 spiro atoms. The minimum atomic E-state index is -0.0161. The van der Waals surface area contributed by atoms with Crippen molar-refractivity contribution in [3.63, 3.8) is 0 Å². The van der Waals surface area contributed by atoms with Crippen molar-refractivity contribution in [3.8, 4) is 0 Å². The van der Waals surface area contributed by atoms with Crippen LogP contribution in [-0.2, 0) is 20.0 Å². The number of nitrogens with one attached hydrogen (secondary N) is 1. The Morgan fingerprint density at radius 2 is 2.27 bits per heavy atom. The first-order valence-corrected chi connectivity index (χ1v) is 9.49. The molecule has 0 saturated carbocycles. The van der Waals surface area contributed by atoms with Crippen molar-refractivity contribution in [2.45, 2.75) is 19.9 Å². The number of aryl methyl sites for hydroxylation is 1. The number of fused-ring (bicyclic) bond motifs is 3. The van der Waals surface area contributed by atoms with E-state index in [0.717, 1.165) is 32.8 Å². The number of carbonyl (C=O) groups excluding carboxylic acids is 2. The summed E-state index contributed by atoms with van der Waals surface area (Å²) in [5.41, 5.74) is 1.72. The van der Waals surface area contributed by atoms with Gasteiger partial charge in [0.05, 0.1) is 11.4 Å². The zero-order valence-corrected chi connectivity index (χ0v) is 15.6. The van der Waals surface area contributed by atoms with Gasteiger partial charge in [0.1, 0.15) is 5.82 Å². The highest BCUT2D eigenvalue weighted by molar-refractivity contribution is 7.21. The Morgan fingerprint density at radius 3 is 3.00 bits per heavy atom. The molecule has 0 fully saturated rings. The van der Waals surface area contributed by atoms with Gasteiger partial charge in [0.25, 0.3) is 11.8 Å². The summed E-state index contributed by atoms with van der Waals surface area (Å²) in [6, 6.07) is 5.74. The van der Waals surface area contributed by atoms with E-state index in [4.69, 9.17) is 0 Å². The minimum absolute atomic E-state index is 0.00899. The number of nitrogens with zero attached hydrogens (tertiary/aromatic N) is 3. The maximum Gasteiger partial charge on any atom is 0.261 e. The Labute approximate surface area is 155 Å². The summed E-state index contributed by atoms with van der Waals surface area (Å²) in [5, 5.41) is 3.91. The van der Waals surface area contributed by atoms with E-state index >= 15 is 0 Å². The molecule has 0 atom stereocenters. The molecule has 1 aliphatic heterocycles. The Balaban J connectivity index is 1.68.